The maximum absolute atomic E-state index is 4.67. The molecule has 0 unspecified atom stereocenters. The average Bonchev–Trinajstić information content (AvgIpc) is 2.94. The van der Waals surface area contributed by atoms with Crippen molar-refractivity contribution in [3.63, 3.8) is 0 Å². The smallest absolute Gasteiger partial charge is 0.124 e. The Balaban J connectivity index is 1.83. The van der Waals surface area contributed by atoms with Gasteiger partial charge in [0, 0.05) is 22.4 Å². The molecule has 2 nitrogen and oxygen atoms in total. The molecule has 2 aromatic heterocycles. The summed E-state index contributed by atoms with van der Waals surface area (Å²) < 4.78 is 0. The Bertz CT molecular complexity index is 432. The van der Waals surface area contributed by atoms with E-state index in [1.807, 2.05) is 0 Å². The molecule has 0 bridgehead atoms. The van der Waals surface area contributed by atoms with Crippen molar-refractivity contribution in [3.8, 4) is 10.6 Å². The van der Waals surface area contributed by atoms with Crippen molar-refractivity contribution in [2.75, 3.05) is 6.54 Å². The lowest BCUT2D eigenvalue weighted by atomic mass is 10.2. The minimum absolute atomic E-state index is 0.576. The number of aromatic nitrogens is 1. The molecule has 4 heteroatoms. The maximum Gasteiger partial charge on any atom is 0.124 e. The first kappa shape index (κ1) is 12.7. The van der Waals surface area contributed by atoms with E-state index in [4.69, 9.17) is 0 Å². The van der Waals surface area contributed by atoms with E-state index in [-0.39, 0.29) is 0 Å². The molecule has 0 aliphatic heterocycles. The van der Waals surface area contributed by atoms with Crippen LogP contribution in [0.25, 0.3) is 10.6 Å². The molecule has 17 heavy (non-hydrogen) atoms. The molecule has 0 aliphatic carbocycles. The highest BCUT2D eigenvalue weighted by Crippen LogP contribution is 2.25. The molecule has 2 rings (SSSR count). The summed E-state index contributed by atoms with van der Waals surface area (Å²) >= 11 is 3.47. The van der Waals surface area contributed by atoms with Crippen LogP contribution in [0.5, 0.6) is 0 Å². The van der Waals surface area contributed by atoms with Gasteiger partial charge in [0.15, 0.2) is 0 Å². The van der Waals surface area contributed by atoms with Crippen molar-refractivity contribution in [2.45, 2.75) is 32.7 Å². The van der Waals surface area contributed by atoms with Crippen LogP contribution < -0.4 is 5.32 Å². The van der Waals surface area contributed by atoms with Gasteiger partial charge in [0.05, 0.1) is 5.69 Å². The fourth-order valence-electron chi connectivity index (χ4n) is 1.60. The summed E-state index contributed by atoms with van der Waals surface area (Å²) in [4.78, 5) is 4.67. The first-order chi connectivity index (χ1) is 8.25. The van der Waals surface area contributed by atoms with Gasteiger partial charge in [-0.1, -0.05) is 13.8 Å². The monoisotopic (exact) mass is 266 g/mol. The molecule has 92 valence electrons. The lowest BCUT2D eigenvalue weighted by Gasteiger charge is -2.06. The Morgan fingerprint density at radius 2 is 2.24 bits per heavy atom. The van der Waals surface area contributed by atoms with Crippen molar-refractivity contribution >= 4 is 22.7 Å². The molecule has 0 radical (unpaired) electrons. The summed E-state index contributed by atoms with van der Waals surface area (Å²) in [6, 6.07) is 2.71. The van der Waals surface area contributed by atoms with E-state index in [1.54, 1.807) is 22.7 Å². The summed E-state index contributed by atoms with van der Waals surface area (Å²) in [6.45, 7) is 5.43. The van der Waals surface area contributed by atoms with Crippen molar-refractivity contribution in [1.82, 2.24) is 10.3 Å². The maximum atomic E-state index is 4.67. The van der Waals surface area contributed by atoms with Gasteiger partial charge >= 0.3 is 0 Å². The Labute approximate surface area is 111 Å². The van der Waals surface area contributed by atoms with Crippen LogP contribution in [0.3, 0.4) is 0 Å². The van der Waals surface area contributed by atoms with Crippen LogP contribution >= 0.6 is 22.7 Å². The van der Waals surface area contributed by atoms with Crippen molar-refractivity contribution in [2.24, 2.45) is 0 Å². The Kier molecular flexibility index (Phi) is 4.71. The summed E-state index contributed by atoms with van der Waals surface area (Å²) in [5.74, 6) is 0. The van der Waals surface area contributed by atoms with E-state index in [2.05, 4.69) is 46.4 Å². The van der Waals surface area contributed by atoms with Gasteiger partial charge in [0.25, 0.3) is 0 Å². The van der Waals surface area contributed by atoms with Crippen LogP contribution in [0.4, 0.5) is 0 Å². The standard InChI is InChI=1S/C13H18N2S2/c1-10(2)14-6-3-4-12-9-17-13(15-12)11-5-7-16-8-11/h5,7-10,14H,3-4,6H2,1-2H3. The second-order valence-corrected chi connectivity index (χ2v) is 6.01. The predicted octanol–water partition coefficient (Wildman–Crippen LogP) is 3.80. The number of hydrogen-bond acceptors (Lipinski definition) is 4. The van der Waals surface area contributed by atoms with Crippen LogP contribution in [-0.2, 0) is 6.42 Å². The third kappa shape index (κ3) is 3.91. The normalized spacial score (nSPS) is 11.2. The van der Waals surface area contributed by atoms with E-state index in [9.17, 15) is 0 Å². The summed E-state index contributed by atoms with van der Waals surface area (Å²) in [5, 5.41) is 11.0. The van der Waals surface area contributed by atoms with Gasteiger partial charge < -0.3 is 5.32 Å². The fourth-order valence-corrected chi connectivity index (χ4v) is 3.17. The van der Waals surface area contributed by atoms with Gasteiger partial charge in [-0.2, -0.15) is 11.3 Å². The molecule has 1 N–H and O–H groups in total. The molecule has 0 saturated carbocycles. The van der Waals surface area contributed by atoms with Gasteiger partial charge in [-0.25, -0.2) is 4.98 Å². The second-order valence-electron chi connectivity index (χ2n) is 4.37. The van der Waals surface area contributed by atoms with Crippen molar-refractivity contribution < 1.29 is 0 Å². The first-order valence-corrected chi connectivity index (χ1v) is 7.78. The fraction of sp³-hybridized carbons (Fsp3) is 0.462. The van der Waals surface area contributed by atoms with E-state index >= 15 is 0 Å². The van der Waals surface area contributed by atoms with Gasteiger partial charge in [0.2, 0.25) is 0 Å². The molecule has 0 saturated heterocycles. The van der Waals surface area contributed by atoms with Gasteiger partial charge in [-0.3, -0.25) is 0 Å². The zero-order valence-electron chi connectivity index (χ0n) is 10.3. The molecular weight excluding hydrogens is 248 g/mol. The quantitative estimate of drug-likeness (QED) is 0.804. The van der Waals surface area contributed by atoms with Crippen LogP contribution in [0.1, 0.15) is 26.0 Å². The van der Waals surface area contributed by atoms with Gasteiger partial charge in [0.1, 0.15) is 5.01 Å². The lowest BCUT2D eigenvalue weighted by Crippen LogP contribution is -2.23. The van der Waals surface area contributed by atoms with Crippen LogP contribution in [0.15, 0.2) is 22.2 Å². The lowest BCUT2D eigenvalue weighted by molar-refractivity contribution is 0.569. The summed E-state index contributed by atoms with van der Waals surface area (Å²) in [6.07, 6.45) is 2.23. The number of thiophene rings is 1. The highest BCUT2D eigenvalue weighted by Gasteiger charge is 2.04. The molecule has 0 atom stereocenters. The van der Waals surface area contributed by atoms with E-state index in [0.717, 1.165) is 24.4 Å². The van der Waals surface area contributed by atoms with Crippen LogP contribution in [0.2, 0.25) is 0 Å². The Morgan fingerprint density at radius 1 is 1.35 bits per heavy atom. The highest BCUT2D eigenvalue weighted by atomic mass is 32.1. The third-order valence-corrected chi connectivity index (χ3v) is 4.11. The van der Waals surface area contributed by atoms with Crippen molar-refractivity contribution in [1.29, 1.82) is 0 Å². The van der Waals surface area contributed by atoms with Gasteiger partial charge in [-0.05, 0) is 30.8 Å². The topological polar surface area (TPSA) is 24.9 Å². The molecule has 0 amide bonds. The van der Waals surface area contributed by atoms with Gasteiger partial charge in [-0.15, -0.1) is 11.3 Å². The Morgan fingerprint density at radius 3 is 2.94 bits per heavy atom. The zero-order chi connectivity index (χ0) is 12.1. The number of thiazole rings is 1. The van der Waals surface area contributed by atoms with E-state index in [1.165, 1.54) is 11.3 Å². The summed E-state index contributed by atoms with van der Waals surface area (Å²) in [5.41, 5.74) is 2.48. The first-order valence-electron chi connectivity index (χ1n) is 5.96. The molecule has 2 aromatic rings. The number of hydrogen-bond donors (Lipinski definition) is 1. The molecule has 0 aromatic carbocycles. The largest absolute Gasteiger partial charge is 0.315 e. The summed E-state index contributed by atoms with van der Waals surface area (Å²) in [7, 11) is 0. The third-order valence-electron chi connectivity index (χ3n) is 2.48. The average molecular weight is 266 g/mol. The minimum Gasteiger partial charge on any atom is -0.315 e. The SMILES string of the molecule is CC(C)NCCCc1csc(-c2ccsc2)n1. The molecule has 0 aliphatic rings. The number of nitrogens with zero attached hydrogens (tertiary/aromatic N) is 1. The molecule has 0 spiro atoms. The number of aryl methyl sites for hydroxylation is 1. The second kappa shape index (κ2) is 6.28. The molecule has 0 fully saturated rings. The van der Waals surface area contributed by atoms with Crippen LogP contribution in [-0.4, -0.2) is 17.6 Å². The molecule has 2 heterocycles. The van der Waals surface area contributed by atoms with E-state index < -0.39 is 0 Å². The minimum atomic E-state index is 0.576. The molecular formula is C13H18N2S2. The predicted molar refractivity (Wildman–Crippen MR) is 76.9 cm³/mol. The van der Waals surface area contributed by atoms with Crippen LogP contribution in [0, 0.1) is 0 Å². The number of rotatable bonds is 6. The zero-order valence-corrected chi connectivity index (χ0v) is 11.9. The van der Waals surface area contributed by atoms with Crippen molar-refractivity contribution in [3.05, 3.63) is 27.9 Å². The Hall–Kier alpha value is -0.710. The van der Waals surface area contributed by atoms with E-state index in [0.29, 0.717) is 6.04 Å². The highest BCUT2D eigenvalue weighted by molar-refractivity contribution is 7.14. The number of nitrogens with one attached hydrogen (secondary N) is 1.